The number of rotatable bonds is 4. The van der Waals surface area contributed by atoms with E-state index in [2.05, 4.69) is 29.1 Å². The zero-order chi connectivity index (χ0) is 15.0. The number of carboxylic acid groups (broad SMARTS) is 1. The van der Waals surface area contributed by atoms with Gasteiger partial charge in [-0.15, -0.1) is 5.10 Å². The van der Waals surface area contributed by atoms with Crippen molar-refractivity contribution in [3.8, 4) is 0 Å². The van der Waals surface area contributed by atoms with E-state index in [0.29, 0.717) is 6.04 Å². The molecule has 21 heavy (non-hydrogen) atoms. The van der Waals surface area contributed by atoms with Crippen molar-refractivity contribution in [1.82, 2.24) is 19.9 Å². The Labute approximate surface area is 123 Å². The maximum Gasteiger partial charge on any atom is 0.358 e. The average molecular weight is 294 g/mol. The highest BCUT2D eigenvalue weighted by atomic mass is 16.5. The van der Waals surface area contributed by atoms with Crippen molar-refractivity contribution in [3.63, 3.8) is 0 Å². The molecule has 7 nitrogen and oxygen atoms in total. The van der Waals surface area contributed by atoms with Crippen molar-refractivity contribution in [2.45, 2.75) is 50.8 Å². The minimum absolute atomic E-state index is 0.00225. The van der Waals surface area contributed by atoms with Crippen LogP contribution >= 0.6 is 0 Å². The number of aromatic carboxylic acids is 1. The van der Waals surface area contributed by atoms with Crippen LogP contribution in [0.4, 0.5) is 0 Å². The van der Waals surface area contributed by atoms with E-state index in [0.717, 1.165) is 39.0 Å². The summed E-state index contributed by atoms with van der Waals surface area (Å²) < 4.78 is 7.56. The van der Waals surface area contributed by atoms with Crippen LogP contribution in [0.3, 0.4) is 0 Å². The van der Waals surface area contributed by atoms with Crippen LogP contribution in [0.25, 0.3) is 0 Å². The summed E-state index contributed by atoms with van der Waals surface area (Å²) in [7, 11) is 0. The fraction of sp³-hybridized carbons (Fsp3) is 0.786. The first-order chi connectivity index (χ1) is 10.0. The van der Waals surface area contributed by atoms with Crippen LogP contribution in [0, 0.1) is 0 Å². The molecule has 0 amide bonds. The lowest BCUT2D eigenvalue weighted by Crippen LogP contribution is -2.56. The molecule has 7 heteroatoms. The van der Waals surface area contributed by atoms with E-state index < -0.39 is 5.97 Å². The highest BCUT2D eigenvalue weighted by molar-refractivity contribution is 5.84. The van der Waals surface area contributed by atoms with Gasteiger partial charge in [-0.1, -0.05) is 12.1 Å². The number of ether oxygens (including phenoxy) is 1. The van der Waals surface area contributed by atoms with Crippen LogP contribution in [-0.4, -0.2) is 62.3 Å². The van der Waals surface area contributed by atoms with E-state index in [4.69, 9.17) is 9.84 Å². The average Bonchev–Trinajstić information content (AvgIpc) is 2.87. The zero-order valence-corrected chi connectivity index (χ0v) is 12.5. The first-order valence-corrected chi connectivity index (χ1v) is 7.54. The van der Waals surface area contributed by atoms with Gasteiger partial charge in [0.2, 0.25) is 0 Å². The Balaban J connectivity index is 1.56. The fourth-order valence-electron chi connectivity index (χ4n) is 3.17. The second-order valence-electron chi connectivity index (χ2n) is 6.30. The minimum atomic E-state index is -1.03. The van der Waals surface area contributed by atoms with E-state index in [1.54, 1.807) is 4.68 Å². The van der Waals surface area contributed by atoms with E-state index in [-0.39, 0.29) is 17.3 Å². The van der Waals surface area contributed by atoms with E-state index >= 15 is 0 Å². The molecule has 1 aromatic rings. The summed E-state index contributed by atoms with van der Waals surface area (Å²) in [4.78, 5) is 13.3. The predicted octanol–water partition coefficient (Wildman–Crippen LogP) is 1.18. The molecule has 0 aromatic carbocycles. The summed E-state index contributed by atoms with van der Waals surface area (Å²) in [5, 5.41) is 16.5. The molecule has 2 fully saturated rings. The van der Waals surface area contributed by atoms with Crippen molar-refractivity contribution in [3.05, 3.63) is 11.9 Å². The third-order valence-corrected chi connectivity index (χ3v) is 4.83. The number of carbonyl (C=O) groups is 1. The predicted molar refractivity (Wildman–Crippen MR) is 75.3 cm³/mol. The highest BCUT2D eigenvalue weighted by Gasteiger charge is 2.40. The van der Waals surface area contributed by atoms with Gasteiger partial charge in [-0.25, -0.2) is 9.48 Å². The van der Waals surface area contributed by atoms with E-state index in [1.165, 1.54) is 6.20 Å². The molecule has 0 aliphatic carbocycles. The summed E-state index contributed by atoms with van der Waals surface area (Å²) in [5.74, 6) is -1.03. The molecule has 0 saturated carbocycles. The topological polar surface area (TPSA) is 80.5 Å². The lowest BCUT2D eigenvalue weighted by molar-refractivity contribution is -0.111. The molecule has 2 aliphatic heterocycles. The van der Waals surface area contributed by atoms with Gasteiger partial charge in [0.25, 0.3) is 0 Å². The monoisotopic (exact) mass is 294 g/mol. The van der Waals surface area contributed by atoms with Gasteiger partial charge in [0.1, 0.15) is 0 Å². The molecule has 1 aromatic heterocycles. The number of likely N-dealkylation sites (tertiary alicyclic amines) is 1. The molecular formula is C14H22N4O3. The van der Waals surface area contributed by atoms with Gasteiger partial charge < -0.3 is 9.84 Å². The van der Waals surface area contributed by atoms with Crippen LogP contribution < -0.4 is 0 Å². The number of aromatic nitrogens is 3. The Morgan fingerprint density at radius 2 is 2.29 bits per heavy atom. The lowest BCUT2D eigenvalue weighted by Gasteiger charge is -2.49. The van der Waals surface area contributed by atoms with Gasteiger partial charge in [0.05, 0.1) is 17.8 Å². The largest absolute Gasteiger partial charge is 0.476 e. The van der Waals surface area contributed by atoms with Crippen molar-refractivity contribution < 1.29 is 14.6 Å². The molecule has 2 saturated heterocycles. The SMILES string of the molecule is CCC1(C)CC(N2CC(n3cc(C(=O)O)nn3)C2)CCO1. The molecule has 3 heterocycles. The molecule has 2 aliphatic rings. The summed E-state index contributed by atoms with van der Waals surface area (Å²) in [5.41, 5.74) is 0.00986. The smallest absolute Gasteiger partial charge is 0.358 e. The minimum Gasteiger partial charge on any atom is -0.476 e. The van der Waals surface area contributed by atoms with Gasteiger partial charge in [-0.3, -0.25) is 4.90 Å². The fourth-order valence-corrected chi connectivity index (χ4v) is 3.17. The Bertz CT molecular complexity index is 526. The second kappa shape index (κ2) is 5.38. The third kappa shape index (κ3) is 2.80. The standard InChI is InChI=1S/C14H22N4O3/c1-3-14(2)6-10(4-5-21-14)17-7-11(8-17)18-9-12(13(19)20)15-16-18/h9-11H,3-8H2,1-2H3,(H,19,20). The highest BCUT2D eigenvalue weighted by Crippen LogP contribution is 2.34. The lowest BCUT2D eigenvalue weighted by atomic mass is 9.87. The van der Waals surface area contributed by atoms with Crippen LogP contribution in [0.1, 0.15) is 49.6 Å². The zero-order valence-electron chi connectivity index (χ0n) is 12.5. The quantitative estimate of drug-likeness (QED) is 0.898. The molecule has 116 valence electrons. The van der Waals surface area contributed by atoms with Crippen molar-refractivity contribution in [2.75, 3.05) is 19.7 Å². The molecule has 3 rings (SSSR count). The number of hydrogen-bond acceptors (Lipinski definition) is 5. The van der Waals surface area contributed by atoms with Crippen molar-refractivity contribution >= 4 is 5.97 Å². The Morgan fingerprint density at radius 1 is 1.52 bits per heavy atom. The van der Waals surface area contributed by atoms with E-state index in [9.17, 15) is 4.79 Å². The Kier molecular flexibility index (Phi) is 3.71. The molecule has 0 spiro atoms. The van der Waals surface area contributed by atoms with Crippen molar-refractivity contribution in [2.24, 2.45) is 0 Å². The number of hydrogen-bond donors (Lipinski definition) is 1. The van der Waals surface area contributed by atoms with Gasteiger partial charge >= 0.3 is 5.97 Å². The molecular weight excluding hydrogens is 272 g/mol. The van der Waals surface area contributed by atoms with Crippen LogP contribution in [0.2, 0.25) is 0 Å². The van der Waals surface area contributed by atoms with E-state index in [1.807, 2.05) is 0 Å². The maximum absolute atomic E-state index is 10.8. The number of nitrogens with zero attached hydrogens (tertiary/aromatic N) is 4. The summed E-state index contributed by atoms with van der Waals surface area (Å²) >= 11 is 0. The van der Waals surface area contributed by atoms with Gasteiger partial charge in [0, 0.05) is 25.7 Å². The summed E-state index contributed by atoms with van der Waals surface area (Å²) in [6, 6.07) is 0.795. The van der Waals surface area contributed by atoms with Crippen LogP contribution in [0.15, 0.2) is 6.20 Å². The molecule has 2 atom stereocenters. The van der Waals surface area contributed by atoms with Gasteiger partial charge in [-0.2, -0.15) is 0 Å². The Morgan fingerprint density at radius 3 is 2.90 bits per heavy atom. The maximum atomic E-state index is 10.8. The molecule has 0 radical (unpaired) electrons. The normalized spacial score (nSPS) is 31.0. The van der Waals surface area contributed by atoms with Crippen LogP contribution in [0.5, 0.6) is 0 Å². The van der Waals surface area contributed by atoms with Crippen molar-refractivity contribution in [1.29, 1.82) is 0 Å². The number of carboxylic acids is 1. The third-order valence-electron chi connectivity index (χ3n) is 4.83. The first kappa shape index (κ1) is 14.5. The first-order valence-electron chi connectivity index (χ1n) is 7.54. The summed E-state index contributed by atoms with van der Waals surface area (Å²) in [6.07, 6.45) is 4.68. The molecule has 1 N–H and O–H groups in total. The van der Waals surface area contributed by atoms with Gasteiger partial charge in [-0.05, 0) is 26.2 Å². The Hall–Kier alpha value is -1.47. The van der Waals surface area contributed by atoms with Crippen LogP contribution in [-0.2, 0) is 4.74 Å². The second-order valence-corrected chi connectivity index (χ2v) is 6.30. The molecule has 2 unspecified atom stereocenters. The summed E-state index contributed by atoms with van der Waals surface area (Å²) in [6.45, 7) is 7.00. The molecule has 0 bridgehead atoms. The van der Waals surface area contributed by atoms with Gasteiger partial charge in [0.15, 0.2) is 5.69 Å².